The molecule has 0 unspecified atom stereocenters. The number of fused-ring (bicyclic) bond motifs is 1. The van der Waals surface area contributed by atoms with Crippen molar-refractivity contribution in [1.82, 2.24) is 19.9 Å². The Morgan fingerprint density at radius 2 is 1.81 bits per heavy atom. The maximum absolute atomic E-state index is 5.73. The Balaban J connectivity index is 1.21. The van der Waals surface area contributed by atoms with Gasteiger partial charge in [0.05, 0.1) is 24.2 Å². The third kappa shape index (κ3) is 5.57. The maximum atomic E-state index is 5.73. The van der Waals surface area contributed by atoms with E-state index in [1.807, 2.05) is 73.8 Å². The fraction of sp³-hybridized carbons (Fsp3) is 0.276. The van der Waals surface area contributed by atoms with Crippen LogP contribution in [0.2, 0.25) is 0 Å². The van der Waals surface area contributed by atoms with Crippen molar-refractivity contribution in [1.29, 1.82) is 0 Å². The lowest BCUT2D eigenvalue weighted by Gasteiger charge is -2.17. The lowest BCUT2D eigenvalue weighted by Crippen LogP contribution is -2.16. The molecule has 0 aliphatic heterocycles. The molecule has 182 valence electrons. The van der Waals surface area contributed by atoms with Gasteiger partial charge >= 0.3 is 0 Å². The largest absolute Gasteiger partial charge is 0.497 e. The van der Waals surface area contributed by atoms with Crippen LogP contribution in [0, 0.1) is 6.92 Å². The van der Waals surface area contributed by atoms with Crippen LogP contribution in [0.5, 0.6) is 5.75 Å². The fourth-order valence-corrected chi connectivity index (χ4v) is 4.31. The van der Waals surface area contributed by atoms with Crippen LogP contribution in [0.15, 0.2) is 72.0 Å². The van der Waals surface area contributed by atoms with Crippen molar-refractivity contribution < 1.29 is 9.57 Å². The van der Waals surface area contributed by atoms with Crippen molar-refractivity contribution in [3.05, 3.63) is 89.5 Å². The molecule has 0 atom stereocenters. The van der Waals surface area contributed by atoms with Crippen molar-refractivity contribution in [3.63, 3.8) is 0 Å². The second kappa shape index (κ2) is 11.1. The van der Waals surface area contributed by atoms with Crippen molar-refractivity contribution in [2.75, 3.05) is 13.7 Å². The molecule has 0 amide bonds. The van der Waals surface area contributed by atoms with Gasteiger partial charge < -0.3 is 9.57 Å². The first-order valence-electron chi connectivity index (χ1n) is 12.3. The number of oxime groups is 1. The van der Waals surface area contributed by atoms with Crippen LogP contribution in [-0.4, -0.2) is 39.4 Å². The Kier molecular flexibility index (Phi) is 7.26. The van der Waals surface area contributed by atoms with Gasteiger partial charge in [0.25, 0.3) is 0 Å². The van der Waals surface area contributed by atoms with Crippen LogP contribution in [0.1, 0.15) is 41.9 Å². The topological polar surface area (TPSA) is 82.4 Å². The number of pyridine rings is 2. The summed E-state index contributed by atoms with van der Waals surface area (Å²) in [6, 6.07) is 19.9. The molecule has 0 bridgehead atoms. The first-order valence-corrected chi connectivity index (χ1v) is 12.3. The number of aromatic nitrogens is 4. The normalized spacial score (nSPS) is 13.9. The first-order chi connectivity index (χ1) is 17.7. The van der Waals surface area contributed by atoms with Crippen LogP contribution < -0.4 is 4.74 Å². The van der Waals surface area contributed by atoms with Crippen molar-refractivity contribution in [2.45, 2.75) is 39.0 Å². The highest BCUT2D eigenvalue weighted by Crippen LogP contribution is 2.24. The Morgan fingerprint density at radius 3 is 2.67 bits per heavy atom. The van der Waals surface area contributed by atoms with E-state index in [2.05, 4.69) is 15.1 Å². The Morgan fingerprint density at radius 1 is 0.917 bits per heavy atom. The minimum atomic E-state index is 0.512. The average Bonchev–Trinajstić information content (AvgIpc) is 2.93. The van der Waals surface area contributed by atoms with Gasteiger partial charge in [-0.3, -0.25) is 9.97 Å². The number of rotatable bonds is 8. The lowest BCUT2D eigenvalue weighted by molar-refractivity contribution is 0.141. The van der Waals surface area contributed by atoms with Crippen molar-refractivity contribution in [3.8, 4) is 28.5 Å². The highest BCUT2D eigenvalue weighted by molar-refractivity contribution is 6.00. The van der Waals surface area contributed by atoms with E-state index in [1.165, 1.54) is 0 Å². The van der Waals surface area contributed by atoms with E-state index >= 15 is 0 Å². The van der Waals surface area contributed by atoms with E-state index in [0.717, 1.165) is 89.0 Å². The monoisotopic (exact) mass is 479 g/mol. The van der Waals surface area contributed by atoms with Gasteiger partial charge in [-0.2, -0.15) is 0 Å². The minimum absolute atomic E-state index is 0.512. The van der Waals surface area contributed by atoms with Crippen LogP contribution in [-0.2, 0) is 17.7 Å². The van der Waals surface area contributed by atoms with Gasteiger partial charge in [0, 0.05) is 35.3 Å². The van der Waals surface area contributed by atoms with E-state index in [0.29, 0.717) is 6.61 Å². The van der Waals surface area contributed by atoms with Crippen LogP contribution >= 0.6 is 0 Å². The zero-order valence-corrected chi connectivity index (χ0v) is 20.6. The predicted octanol–water partition coefficient (Wildman–Crippen LogP) is 5.61. The second-order valence-corrected chi connectivity index (χ2v) is 8.81. The summed E-state index contributed by atoms with van der Waals surface area (Å²) in [5, 5.41) is 4.47. The molecular weight excluding hydrogens is 450 g/mol. The molecule has 7 heteroatoms. The second-order valence-electron chi connectivity index (χ2n) is 8.81. The van der Waals surface area contributed by atoms with Crippen LogP contribution in [0.3, 0.4) is 0 Å². The summed E-state index contributed by atoms with van der Waals surface area (Å²) in [6.07, 6.45) is 6.37. The molecule has 3 heterocycles. The highest BCUT2D eigenvalue weighted by atomic mass is 16.6. The molecule has 5 rings (SSSR count). The third-order valence-electron chi connectivity index (χ3n) is 6.10. The highest BCUT2D eigenvalue weighted by Gasteiger charge is 2.19. The molecule has 0 saturated carbocycles. The molecule has 36 heavy (non-hydrogen) atoms. The summed E-state index contributed by atoms with van der Waals surface area (Å²) in [5.74, 6) is 1.50. The van der Waals surface area contributed by atoms with Gasteiger partial charge in [-0.1, -0.05) is 41.6 Å². The van der Waals surface area contributed by atoms with Gasteiger partial charge in [-0.15, -0.1) is 0 Å². The Hall–Kier alpha value is -4.13. The summed E-state index contributed by atoms with van der Waals surface area (Å²) in [6.45, 7) is 2.46. The molecule has 0 spiro atoms. The Bertz CT molecular complexity index is 1370. The zero-order chi connectivity index (χ0) is 24.7. The predicted molar refractivity (Wildman–Crippen MR) is 140 cm³/mol. The number of hydrogen-bond donors (Lipinski definition) is 0. The molecule has 1 aliphatic rings. The fourth-order valence-electron chi connectivity index (χ4n) is 4.31. The Labute approximate surface area is 211 Å². The van der Waals surface area contributed by atoms with Gasteiger partial charge in [-0.25, -0.2) is 9.97 Å². The molecule has 3 aromatic heterocycles. The third-order valence-corrected chi connectivity index (χ3v) is 6.10. The molecule has 7 nitrogen and oxygen atoms in total. The van der Waals surface area contributed by atoms with Gasteiger partial charge in [0.1, 0.15) is 18.1 Å². The molecular formula is C29H29N5O2. The summed E-state index contributed by atoms with van der Waals surface area (Å²) in [4.78, 5) is 24.5. The molecule has 0 saturated heterocycles. The maximum Gasteiger partial charge on any atom is 0.159 e. The van der Waals surface area contributed by atoms with E-state index < -0.39 is 0 Å². The number of hydrogen-bond acceptors (Lipinski definition) is 7. The summed E-state index contributed by atoms with van der Waals surface area (Å²) in [7, 11) is 1.66. The SMILES string of the molecule is COc1cc(C)nc(-c2cccc(CCCON=C3CCCc4cnc(-c5ccccc5)nc43)n2)c1. The molecule has 0 fully saturated rings. The standard InChI is InChI=1S/C29H29N5O2/c1-20-17-24(35-2)18-27(31-20)25-14-7-12-23(32-25)13-8-16-36-34-26-15-6-11-22-19-30-29(33-28(22)26)21-9-4-3-5-10-21/h3-5,7,9-10,12,14,17-19H,6,8,11,13,15-16H2,1-2H3. The number of methoxy groups -OCH3 is 1. The van der Waals surface area contributed by atoms with E-state index in [1.54, 1.807) is 7.11 Å². The summed E-state index contributed by atoms with van der Waals surface area (Å²) in [5.41, 5.74) is 7.48. The van der Waals surface area contributed by atoms with Crippen LogP contribution in [0.25, 0.3) is 22.8 Å². The van der Waals surface area contributed by atoms with Gasteiger partial charge in [0.2, 0.25) is 0 Å². The summed E-state index contributed by atoms with van der Waals surface area (Å²) >= 11 is 0. The number of ether oxygens (including phenoxy) is 1. The molecule has 0 N–H and O–H groups in total. The first kappa shape index (κ1) is 23.6. The number of aryl methyl sites for hydroxylation is 3. The van der Waals surface area contributed by atoms with Crippen molar-refractivity contribution in [2.24, 2.45) is 5.16 Å². The quantitative estimate of drug-likeness (QED) is 0.241. The van der Waals surface area contributed by atoms with E-state index in [9.17, 15) is 0 Å². The number of nitrogens with zero attached hydrogens (tertiary/aromatic N) is 5. The number of benzene rings is 1. The smallest absolute Gasteiger partial charge is 0.159 e. The molecule has 1 aliphatic carbocycles. The van der Waals surface area contributed by atoms with E-state index in [-0.39, 0.29) is 0 Å². The van der Waals surface area contributed by atoms with E-state index in [4.69, 9.17) is 19.5 Å². The zero-order valence-electron chi connectivity index (χ0n) is 20.6. The van der Waals surface area contributed by atoms with Crippen LogP contribution in [0.4, 0.5) is 0 Å². The molecule has 0 radical (unpaired) electrons. The molecule has 1 aromatic carbocycles. The van der Waals surface area contributed by atoms with Gasteiger partial charge in [0.15, 0.2) is 5.82 Å². The lowest BCUT2D eigenvalue weighted by atomic mass is 9.95. The minimum Gasteiger partial charge on any atom is -0.497 e. The molecule has 4 aromatic rings. The van der Waals surface area contributed by atoms with Gasteiger partial charge in [-0.05, 0) is 56.7 Å². The average molecular weight is 480 g/mol. The summed E-state index contributed by atoms with van der Waals surface area (Å²) < 4.78 is 5.38. The van der Waals surface area contributed by atoms with Crippen molar-refractivity contribution >= 4 is 5.71 Å².